The fourth-order valence-corrected chi connectivity index (χ4v) is 5.84. The second-order valence-electron chi connectivity index (χ2n) is 9.86. The number of carbonyl (C=O) groups is 2. The number of benzene rings is 2. The van der Waals surface area contributed by atoms with E-state index in [2.05, 4.69) is 5.32 Å². The van der Waals surface area contributed by atoms with Gasteiger partial charge in [0.25, 0.3) is 5.91 Å². The molecule has 222 valence electrons. The van der Waals surface area contributed by atoms with Crippen molar-refractivity contribution in [1.82, 2.24) is 9.62 Å². The van der Waals surface area contributed by atoms with E-state index >= 15 is 0 Å². The minimum atomic E-state index is -3.91. The molecule has 0 saturated heterocycles. The van der Waals surface area contributed by atoms with E-state index in [-0.39, 0.29) is 48.8 Å². The van der Waals surface area contributed by atoms with Crippen LogP contribution in [0.5, 0.6) is 5.75 Å². The monoisotopic (exact) mass is 588 g/mol. The van der Waals surface area contributed by atoms with E-state index in [4.69, 9.17) is 18.9 Å². The smallest absolute Gasteiger partial charge is 0.337 e. The van der Waals surface area contributed by atoms with Gasteiger partial charge in [0.15, 0.2) is 5.76 Å². The minimum Gasteiger partial charge on any atom is -0.497 e. The number of methoxy groups -OCH3 is 2. The Morgan fingerprint density at radius 1 is 1.05 bits per heavy atom. The van der Waals surface area contributed by atoms with E-state index in [1.807, 2.05) is 0 Å². The maximum Gasteiger partial charge on any atom is 0.337 e. The Balaban J connectivity index is 1.45. The Morgan fingerprint density at radius 2 is 1.76 bits per heavy atom. The second-order valence-corrected chi connectivity index (χ2v) is 11.8. The average molecular weight is 589 g/mol. The molecule has 2 atom stereocenters. The summed E-state index contributed by atoms with van der Waals surface area (Å²) in [4.78, 5) is 24.8. The Bertz CT molecular complexity index is 1320. The second kappa shape index (κ2) is 13.9. The SMILES string of the molecule is COC(=O)c1ccc([C@@H]2C=C(C(=O)NCC3CC3)O[C@H](OCCN(CCO)S(=O)(=O)c3ccc(OC)cc3)C2)cc1. The zero-order valence-electron chi connectivity index (χ0n) is 23.2. The molecule has 0 spiro atoms. The van der Waals surface area contributed by atoms with E-state index < -0.39 is 22.3 Å². The molecule has 11 nitrogen and oxygen atoms in total. The van der Waals surface area contributed by atoms with Crippen molar-refractivity contribution in [3.8, 4) is 5.75 Å². The highest BCUT2D eigenvalue weighted by Gasteiger charge is 2.31. The lowest BCUT2D eigenvalue weighted by Crippen LogP contribution is -2.38. The molecule has 1 saturated carbocycles. The summed E-state index contributed by atoms with van der Waals surface area (Å²) in [5, 5.41) is 12.4. The maximum atomic E-state index is 13.2. The standard InChI is InChI=1S/C29H36N2O9S/c1-37-24-9-11-25(12-10-24)41(35,36)31(13-15-32)14-16-39-27-18-23(21-5-7-22(8-6-21)29(34)38-2)17-26(40-27)28(33)30-19-20-3-4-20/h5-12,17,20,23,27,32H,3-4,13-16,18-19H2,1-2H3,(H,30,33)/t23-,27+/m1/s1. The number of aliphatic hydroxyl groups is 1. The molecule has 1 aliphatic carbocycles. The van der Waals surface area contributed by atoms with Gasteiger partial charge < -0.3 is 29.4 Å². The van der Waals surface area contributed by atoms with E-state index in [0.29, 0.717) is 30.2 Å². The predicted octanol–water partition coefficient (Wildman–Crippen LogP) is 2.42. The van der Waals surface area contributed by atoms with Crippen LogP contribution in [0, 0.1) is 5.92 Å². The Morgan fingerprint density at radius 3 is 2.37 bits per heavy atom. The first-order valence-electron chi connectivity index (χ1n) is 13.5. The van der Waals surface area contributed by atoms with Gasteiger partial charge in [-0.15, -0.1) is 0 Å². The van der Waals surface area contributed by atoms with Crippen molar-refractivity contribution in [1.29, 1.82) is 0 Å². The van der Waals surface area contributed by atoms with Crippen molar-refractivity contribution in [2.45, 2.75) is 36.4 Å². The Labute approximate surface area is 240 Å². The van der Waals surface area contributed by atoms with Crippen LogP contribution in [0.2, 0.25) is 0 Å². The predicted molar refractivity (Wildman–Crippen MR) is 149 cm³/mol. The van der Waals surface area contributed by atoms with Crippen LogP contribution >= 0.6 is 0 Å². The summed E-state index contributed by atoms with van der Waals surface area (Å²) in [6, 6.07) is 12.9. The first-order chi connectivity index (χ1) is 19.7. The van der Waals surface area contributed by atoms with E-state index in [9.17, 15) is 23.1 Å². The third-order valence-corrected chi connectivity index (χ3v) is 8.89. The maximum absolute atomic E-state index is 13.2. The number of sulfonamides is 1. The molecule has 12 heteroatoms. The molecule has 0 bridgehead atoms. The van der Waals surface area contributed by atoms with Crippen molar-refractivity contribution in [3.63, 3.8) is 0 Å². The number of amides is 1. The van der Waals surface area contributed by atoms with Crippen molar-refractivity contribution < 1.29 is 42.1 Å². The van der Waals surface area contributed by atoms with Crippen LogP contribution in [-0.2, 0) is 29.0 Å². The number of nitrogens with zero attached hydrogens (tertiary/aromatic N) is 1. The molecule has 1 amide bonds. The largest absolute Gasteiger partial charge is 0.497 e. The number of aliphatic hydroxyl groups excluding tert-OH is 1. The topological polar surface area (TPSA) is 141 Å². The number of esters is 1. The molecule has 4 rings (SSSR count). The molecule has 0 unspecified atom stereocenters. The van der Waals surface area contributed by atoms with Gasteiger partial charge >= 0.3 is 5.97 Å². The highest BCUT2D eigenvalue weighted by Crippen LogP contribution is 2.32. The summed E-state index contributed by atoms with van der Waals surface area (Å²) in [6.45, 7) is 0.00819. The number of ether oxygens (including phenoxy) is 4. The summed E-state index contributed by atoms with van der Waals surface area (Å²) in [6.07, 6.45) is 3.45. The van der Waals surface area contributed by atoms with E-state index in [0.717, 1.165) is 22.7 Å². The molecule has 1 fully saturated rings. The van der Waals surface area contributed by atoms with Gasteiger partial charge in [-0.2, -0.15) is 4.31 Å². The summed E-state index contributed by atoms with van der Waals surface area (Å²) in [5.41, 5.74) is 1.26. The van der Waals surface area contributed by atoms with Crippen LogP contribution in [0.25, 0.3) is 0 Å². The molecule has 2 aromatic carbocycles. The van der Waals surface area contributed by atoms with Crippen LogP contribution in [0.3, 0.4) is 0 Å². The normalized spacial score (nSPS) is 18.8. The molecule has 2 N–H and O–H groups in total. The molecule has 1 heterocycles. The van der Waals surface area contributed by atoms with Crippen LogP contribution in [0.15, 0.2) is 65.3 Å². The fourth-order valence-electron chi connectivity index (χ4n) is 4.43. The van der Waals surface area contributed by atoms with Gasteiger partial charge in [-0.05, 0) is 66.8 Å². The van der Waals surface area contributed by atoms with Gasteiger partial charge in [-0.25, -0.2) is 13.2 Å². The van der Waals surface area contributed by atoms with Crippen molar-refractivity contribution in [2.24, 2.45) is 5.92 Å². The summed E-state index contributed by atoms with van der Waals surface area (Å²) in [7, 11) is -1.10. The number of allylic oxidation sites excluding steroid dienone is 1. The quantitative estimate of drug-likeness (QED) is 0.318. The van der Waals surface area contributed by atoms with Crippen LogP contribution < -0.4 is 10.1 Å². The van der Waals surface area contributed by atoms with Gasteiger partial charge in [0.2, 0.25) is 16.3 Å². The molecular weight excluding hydrogens is 552 g/mol. The molecular formula is C29H36N2O9S. The van der Waals surface area contributed by atoms with Crippen molar-refractivity contribution in [2.75, 3.05) is 47.1 Å². The summed E-state index contributed by atoms with van der Waals surface area (Å²) >= 11 is 0. The Kier molecular flexibility index (Phi) is 10.4. The van der Waals surface area contributed by atoms with E-state index in [1.54, 1.807) is 42.5 Å². The van der Waals surface area contributed by atoms with Crippen molar-refractivity contribution in [3.05, 3.63) is 71.5 Å². The first kappa shape index (κ1) is 30.5. The number of carbonyl (C=O) groups excluding carboxylic acids is 2. The third kappa shape index (κ3) is 8.07. The van der Waals surface area contributed by atoms with Crippen molar-refractivity contribution >= 4 is 21.9 Å². The zero-order chi connectivity index (χ0) is 29.4. The van der Waals surface area contributed by atoms with Gasteiger partial charge in [-0.3, -0.25) is 4.79 Å². The zero-order valence-corrected chi connectivity index (χ0v) is 24.0. The first-order valence-corrected chi connectivity index (χ1v) is 14.9. The molecule has 41 heavy (non-hydrogen) atoms. The lowest BCUT2D eigenvalue weighted by Gasteiger charge is -2.30. The van der Waals surface area contributed by atoms with E-state index in [1.165, 1.54) is 26.4 Å². The number of nitrogens with one attached hydrogen (secondary N) is 1. The molecule has 0 radical (unpaired) electrons. The highest BCUT2D eigenvalue weighted by atomic mass is 32.2. The van der Waals surface area contributed by atoms with Gasteiger partial charge in [-0.1, -0.05) is 12.1 Å². The average Bonchev–Trinajstić information content (AvgIpc) is 3.83. The fraction of sp³-hybridized carbons (Fsp3) is 0.448. The van der Waals surface area contributed by atoms with Gasteiger partial charge in [0.1, 0.15) is 5.75 Å². The Hall–Kier alpha value is -3.45. The van der Waals surface area contributed by atoms with Crippen LogP contribution in [-0.4, -0.2) is 83.1 Å². The molecule has 0 aromatic heterocycles. The number of hydrogen-bond donors (Lipinski definition) is 2. The lowest BCUT2D eigenvalue weighted by molar-refractivity contribution is -0.146. The van der Waals surface area contributed by atoms with Crippen LogP contribution in [0.4, 0.5) is 0 Å². The van der Waals surface area contributed by atoms with Crippen LogP contribution in [0.1, 0.15) is 41.1 Å². The van der Waals surface area contributed by atoms with Gasteiger partial charge in [0, 0.05) is 32.0 Å². The number of rotatable bonds is 14. The summed E-state index contributed by atoms with van der Waals surface area (Å²) in [5.74, 6) is 0.0977. The van der Waals surface area contributed by atoms with Gasteiger partial charge in [0.05, 0.1) is 37.9 Å². The lowest BCUT2D eigenvalue weighted by atomic mass is 9.92. The third-order valence-electron chi connectivity index (χ3n) is 6.98. The minimum absolute atomic E-state index is 0.0367. The number of hydrogen-bond acceptors (Lipinski definition) is 9. The molecule has 1 aliphatic heterocycles. The molecule has 2 aliphatic rings. The highest BCUT2D eigenvalue weighted by molar-refractivity contribution is 7.89. The molecule has 2 aromatic rings. The summed E-state index contributed by atoms with van der Waals surface area (Å²) < 4.78 is 49.3.